The summed E-state index contributed by atoms with van der Waals surface area (Å²) in [5.41, 5.74) is 2.13. The van der Waals surface area contributed by atoms with Crippen LogP contribution in [0.4, 0.5) is 24.5 Å². The highest BCUT2D eigenvalue weighted by molar-refractivity contribution is 5.83. The lowest BCUT2D eigenvalue weighted by molar-refractivity contribution is -0.384. The maximum absolute atomic E-state index is 12.7. The number of nitrogens with one attached hydrogen (secondary N) is 2. The zero-order valence-corrected chi connectivity index (χ0v) is 15.7. The smallest absolute Gasteiger partial charge is 0.416 e. The van der Waals surface area contributed by atoms with Gasteiger partial charge in [0.2, 0.25) is 0 Å². The Kier molecular flexibility index (Phi) is 6.34. The summed E-state index contributed by atoms with van der Waals surface area (Å²) < 4.78 is 43.6. The summed E-state index contributed by atoms with van der Waals surface area (Å²) >= 11 is 0. The van der Waals surface area contributed by atoms with Gasteiger partial charge in [0, 0.05) is 23.4 Å². The molecule has 31 heavy (non-hydrogen) atoms. The lowest BCUT2D eigenvalue weighted by Crippen LogP contribution is -2.26. The molecule has 11 heteroatoms. The molecule has 0 aliphatic heterocycles. The summed E-state index contributed by atoms with van der Waals surface area (Å²) in [6, 6.07) is 13.5. The third-order valence-electron chi connectivity index (χ3n) is 4.01. The zero-order valence-electron chi connectivity index (χ0n) is 15.7. The first-order valence-electron chi connectivity index (χ1n) is 8.80. The molecule has 0 atom stereocenters. The molecule has 3 aromatic rings. The Labute approximate surface area is 173 Å². The van der Waals surface area contributed by atoms with Crippen LogP contribution in [0.2, 0.25) is 0 Å². The Hall–Kier alpha value is -4.15. The van der Waals surface area contributed by atoms with Crippen molar-refractivity contribution in [2.24, 2.45) is 5.10 Å². The molecule has 0 saturated heterocycles. The minimum absolute atomic E-state index is 0.0430. The Morgan fingerprint density at radius 3 is 2.55 bits per heavy atom. The molecule has 0 saturated carbocycles. The average molecular weight is 432 g/mol. The van der Waals surface area contributed by atoms with Gasteiger partial charge in [-0.3, -0.25) is 14.9 Å². The Balaban J connectivity index is 1.52. The molecule has 0 aliphatic rings. The van der Waals surface area contributed by atoms with Gasteiger partial charge in [-0.15, -0.1) is 0 Å². The molecule has 2 N–H and O–H groups in total. The number of nitro groups is 1. The molecule has 2 aromatic carbocycles. The van der Waals surface area contributed by atoms with Gasteiger partial charge >= 0.3 is 6.18 Å². The van der Waals surface area contributed by atoms with E-state index in [1.54, 1.807) is 24.3 Å². The van der Waals surface area contributed by atoms with Gasteiger partial charge in [0.05, 0.1) is 23.2 Å². The first-order chi connectivity index (χ1) is 14.7. The highest BCUT2D eigenvalue weighted by atomic mass is 19.4. The van der Waals surface area contributed by atoms with E-state index in [9.17, 15) is 28.1 Å². The summed E-state index contributed by atoms with van der Waals surface area (Å²) in [6.45, 7) is -0.287. The normalized spacial score (nSPS) is 11.5. The first-order valence-corrected chi connectivity index (χ1v) is 8.80. The van der Waals surface area contributed by atoms with E-state index in [0.717, 1.165) is 12.1 Å². The van der Waals surface area contributed by atoms with Crippen molar-refractivity contribution in [3.8, 4) is 11.3 Å². The van der Waals surface area contributed by atoms with Gasteiger partial charge in [0.15, 0.2) is 0 Å². The number of carbonyl (C=O) groups is 1. The molecule has 1 aromatic heterocycles. The van der Waals surface area contributed by atoms with Crippen molar-refractivity contribution in [1.29, 1.82) is 0 Å². The highest BCUT2D eigenvalue weighted by Crippen LogP contribution is 2.30. The SMILES string of the molecule is O=C(CNc1cccc(C(F)(F)F)c1)N/N=C\c1ccc(-c2ccc([N+](=O)[O-])cc2)o1. The van der Waals surface area contributed by atoms with Gasteiger partial charge < -0.3 is 9.73 Å². The lowest BCUT2D eigenvalue weighted by Gasteiger charge is -2.09. The molecular weight excluding hydrogens is 417 g/mol. The van der Waals surface area contributed by atoms with Crippen LogP contribution >= 0.6 is 0 Å². The van der Waals surface area contributed by atoms with Crippen LogP contribution in [0.1, 0.15) is 11.3 Å². The fourth-order valence-electron chi connectivity index (χ4n) is 2.52. The van der Waals surface area contributed by atoms with E-state index >= 15 is 0 Å². The number of carbonyl (C=O) groups excluding carboxylic acids is 1. The predicted octanol–water partition coefficient (Wildman–Crippen LogP) is 4.44. The number of hydrogen-bond donors (Lipinski definition) is 2. The fraction of sp³-hybridized carbons (Fsp3) is 0.100. The largest absolute Gasteiger partial charge is 0.455 e. The zero-order chi connectivity index (χ0) is 22.4. The molecule has 0 unspecified atom stereocenters. The minimum Gasteiger partial charge on any atom is -0.455 e. The number of benzene rings is 2. The van der Waals surface area contributed by atoms with Gasteiger partial charge in [-0.1, -0.05) is 6.07 Å². The molecule has 0 radical (unpaired) electrons. The van der Waals surface area contributed by atoms with E-state index in [1.807, 2.05) is 0 Å². The molecular formula is C20H15F3N4O4. The molecule has 1 amide bonds. The number of nitro benzene ring substituents is 1. The van der Waals surface area contributed by atoms with Gasteiger partial charge in [-0.2, -0.15) is 18.3 Å². The minimum atomic E-state index is -4.47. The van der Waals surface area contributed by atoms with Crippen molar-refractivity contribution in [3.05, 3.63) is 82.1 Å². The number of hydrazone groups is 1. The Morgan fingerprint density at radius 1 is 1.13 bits per heavy atom. The van der Waals surface area contributed by atoms with Gasteiger partial charge in [0.1, 0.15) is 11.5 Å². The summed E-state index contributed by atoms with van der Waals surface area (Å²) in [4.78, 5) is 22.0. The molecule has 0 fully saturated rings. The van der Waals surface area contributed by atoms with E-state index < -0.39 is 22.6 Å². The standard InChI is InChI=1S/C20H15F3N4O4/c21-20(22,23)14-2-1-3-15(10-14)24-12-19(28)26-25-11-17-8-9-18(31-17)13-4-6-16(7-5-13)27(29)30/h1-11,24H,12H2,(H,26,28)/b25-11-. The molecule has 0 bridgehead atoms. The molecule has 160 valence electrons. The number of amides is 1. The van der Waals surface area contributed by atoms with Gasteiger partial charge in [-0.05, 0) is 42.5 Å². The van der Waals surface area contributed by atoms with Crippen molar-refractivity contribution >= 4 is 23.5 Å². The van der Waals surface area contributed by atoms with E-state index in [4.69, 9.17) is 4.42 Å². The van der Waals surface area contributed by atoms with Gasteiger partial charge in [0.25, 0.3) is 11.6 Å². The second kappa shape index (κ2) is 9.11. The van der Waals surface area contributed by atoms with E-state index in [0.29, 0.717) is 17.1 Å². The van der Waals surface area contributed by atoms with Crippen LogP contribution in [-0.4, -0.2) is 23.6 Å². The highest BCUT2D eigenvalue weighted by Gasteiger charge is 2.30. The van der Waals surface area contributed by atoms with Crippen LogP contribution in [0, 0.1) is 10.1 Å². The van der Waals surface area contributed by atoms with Crippen molar-refractivity contribution in [2.45, 2.75) is 6.18 Å². The molecule has 1 heterocycles. The van der Waals surface area contributed by atoms with Gasteiger partial charge in [-0.25, -0.2) is 5.43 Å². The maximum Gasteiger partial charge on any atom is 0.416 e. The topological polar surface area (TPSA) is 110 Å². The van der Waals surface area contributed by atoms with Crippen LogP contribution in [0.3, 0.4) is 0 Å². The third kappa shape index (κ3) is 5.92. The lowest BCUT2D eigenvalue weighted by atomic mass is 10.1. The van der Waals surface area contributed by atoms with Crippen LogP contribution in [0.15, 0.2) is 70.2 Å². The van der Waals surface area contributed by atoms with Crippen LogP contribution in [-0.2, 0) is 11.0 Å². The van der Waals surface area contributed by atoms with Crippen molar-refractivity contribution in [3.63, 3.8) is 0 Å². The Bertz CT molecular complexity index is 1110. The second-order valence-corrected chi connectivity index (χ2v) is 6.23. The summed E-state index contributed by atoms with van der Waals surface area (Å²) in [7, 11) is 0. The quantitative estimate of drug-likeness (QED) is 0.326. The summed E-state index contributed by atoms with van der Waals surface area (Å²) in [5, 5.41) is 17.0. The number of nitrogens with zero attached hydrogens (tertiary/aromatic N) is 2. The van der Waals surface area contributed by atoms with Crippen molar-refractivity contribution in [1.82, 2.24) is 5.43 Å². The number of furan rings is 1. The average Bonchev–Trinajstić information content (AvgIpc) is 3.21. The summed E-state index contributed by atoms with van der Waals surface area (Å²) in [5.74, 6) is 0.198. The van der Waals surface area contributed by atoms with Crippen LogP contribution in [0.25, 0.3) is 11.3 Å². The van der Waals surface area contributed by atoms with Crippen LogP contribution in [0.5, 0.6) is 0 Å². The van der Waals surface area contributed by atoms with Crippen molar-refractivity contribution < 1.29 is 27.3 Å². The fourth-order valence-corrected chi connectivity index (χ4v) is 2.52. The number of anilines is 1. The Morgan fingerprint density at radius 2 is 1.87 bits per heavy atom. The van der Waals surface area contributed by atoms with E-state index in [1.165, 1.54) is 30.5 Å². The number of non-ortho nitro benzene ring substituents is 1. The summed E-state index contributed by atoms with van der Waals surface area (Å²) in [6.07, 6.45) is -3.22. The second-order valence-electron chi connectivity index (χ2n) is 6.23. The molecule has 8 nitrogen and oxygen atoms in total. The van der Waals surface area contributed by atoms with E-state index in [2.05, 4.69) is 15.8 Å². The monoisotopic (exact) mass is 432 g/mol. The number of hydrogen-bond acceptors (Lipinski definition) is 6. The first kappa shape index (κ1) is 21.6. The van der Waals surface area contributed by atoms with Crippen LogP contribution < -0.4 is 10.7 Å². The number of halogens is 3. The number of alkyl halides is 3. The molecule has 0 spiro atoms. The maximum atomic E-state index is 12.7. The predicted molar refractivity (Wildman–Crippen MR) is 106 cm³/mol. The van der Waals surface area contributed by atoms with E-state index in [-0.39, 0.29) is 17.9 Å². The molecule has 0 aliphatic carbocycles. The number of rotatable bonds is 7. The van der Waals surface area contributed by atoms with Crippen molar-refractivity contribution in [2.75, 3.05) is 11.9 Å². The third-order valence-corrected chi connectivity index (χ3v) is 4.01. The molecule has 3 rings (SSSR count).